The van der Waals surface area contributed by atoms with Gasteiger partial charge in [-0.3, -0.25) is 0 Å². The minimum Gasteiger partial charge on any atom is -0.491 e. The van der Waals surface area contributed by atoms with Crippen LogP contribution in [0.25, 0.3) is 0 Å². The molecular weight excluding hydrogens is 452 g/mol. The second kappa shape index (κ2) is 28.0. The molecule has 0 aliphatic rings. The van der Waals surface area contributed by atoms with Gasteiger partial charge < -0.3 is 9.47 Å². The van der Waals surface area contributed by atoms with Crippen molar-refractivity contribution in [3.8, 4) is 5.75 Å². The molecule has 0 saturated carbocycles. The van der Waals surface area contributed by atoms with Crippen molar-refractivity contribution < 1.29 is 9.47 Å². The first-order valence-electron chi connectivity index (χ1n) is 16.7. The van der Waals surface area contributed by atoms with E-state index in [2.05, 4.69) is 38.1 Å². The molecule has 0 bridgehead atoms. The largest absolute Gasteiger partial charge is 0.491 e. The Morgan fingerprint density at radius 2 is 0.811 bits per heavy atom. The van der Waals surface area contributed by atoms with E-state index in [0.717, 1.165) is 12.4 Å². The minimum absolute atomic E-state index is 0.649. The van der Waals surface area contributed by atoms with Crippen LogP contribution in [-0.4, -0.2) is 19.8 Å². The second-order valence-corrected chi connectivity index (χ2v) is 11.3. The summed E-state index contributed by atoms with van der Waals surface area (Å²) < 4.78 is 11.6. The maximum Gasteiger partial charge on any atom is 0.119 e. The summed E-state index contributed by atoms with van der Waals surface area (Å²) in [5.41, 5.74) is 1.43. The molecule has 0 radical (unpaired) electrons. The van der Waals surface area contributed by atoms with Gasteiger partial charge in [-0.2, -0.15) is 0 Å². The van der Waals surface area contributed by atoms with E-state index >= 15 is 0 Å². The van der Waals surface area contributed by atoms with Crippen molar-refractivity contribution in [2.24, 2.45) is 0 Å². The number of aryl methyl sites for hydroxylation is 1. The molecule has 216 valence electrons. The zero-order chi connectivity index (χ0) is 26.5. The summed E-state index contributed by atoms with van der Waals surface area (Å²) in [6.45, 7) is 6.79. The normalized spacial score (nSPS) is 11.3. The van der Waals surface area contributed by atoms with Crippen molar-refractivity contribution in [1.29, 1.82) is 0 Å². The van der Waals surface area contributed by atoms with Crippen LogP contribution in [0, 0.1) is 0 Å². The molecule has 0 aliphatic heterocycles. The molecular formula is C35H64O2. The quantitative estimate of drug-likeness (QED) is 0.0985. The molecule has 2 heteroatoms. The van der Waals surface area contributed by atoms with Crippen LogP contribution in [0.5, 0.6) is 5.75 Å². The number of rotatable bonds is 29. The smallest absolute Gasteiger partial charge is 0.119 e. The molecule has 1 aromatic carbocycles. The lowest BCUT2D eigenvalue weighted by Crippen LogP contribution is -2.07. The van der Waals surface area contributed by atoms with E-state index in [1.165, 1.54) is 160 Å². The zero-order valence-corrected chi connectivity index (χ0v) is 25.2. The van der Waals surface area contributed by atoms with Gasteiger partial charge in [0.2, 0.25) is 0 Å². The summed E-state index contributed by atoms with van der Waals surface area (Å²) in [7, 11) is 0. The average Bonchev–Trinajstić information content (AvgIpc) is 2.92. The van der Waals surface area contributed by atoms with Crippen molar-refractivity contribution >= 4 is 0 Å². The van der Waals surface area contributed by atoms with Gasteiger partial charge in [0, 0.05) is 6.61 Å². The summed E-state index contributed by atoms with van der Waals surface area (Å²) in [4.78, 5) is 0. The standard InChI is InChI=1S/C35H64O2/c1-3-5-7-9-11-12-13-14-15-16-17-18-19-21-23-25-31-36-32-33-37-35-29-27-34(28-30-35)26-24-22-20-10-8-6-4-2/h27-30H,3-26,31-33H2,1-2H3. The van der Waals surface area contributed by atoms with E-state index in [-0.39, 0.29) is 0 Å². The lowest BCUT2D eigenvalue weighted by Gasteiger charge is -2.08. The van der Waals surface area contributed by atoms with Gasteiger partial charge in [-0.1, -0.05) is 161 Å². The van der Waals surface area contributed by atoms with Crippen LogP contribution < -0.4 is 4.74 Å². The van der Waals surface area contributed by atoms with Crippen molar-refractivity contribution in [2.75, 3.05) is 19.8 Å². The van der Waals surface area contributed by atoms with Crippen molar-refractivity contribution in [3.05, 3.63) is 29.8 Å². The molecule has 0 fully saturated rings. The van der Waals surface area contributed by atoms with Crippen molar-refractivity contribution in [2.45, 2.75) is 168 Å². The van der Waals surface area contributed by atoms with Crippen LogP contribution >= 0.6 is 0 Å². The molecule has 2 nitrogen and oxygen atoms in total. The first-order valence-corrected chi connectivity index (χ1v) is 16.7. The van der Waals surface area contributed by atoms with Gasteiger partial charge in [-0.05, 0) is 37.0 Å². The van der Waals surface area contributed by atoms with Gasteiger partial charge in [-0.25, -0.2) is 0 Å². The van der Waals surface area contributed by atoms with Crippen molar-refractivity contribution in [1.82, 2.24) is 0 Å². The second-order valence-electron chi connectivity index (χ2n) is 11.3. The van der Waals surface area contributed by atoms with Crippen molar-refractivity contribution in [3.63, 3.8) is 0 Å². The SMILES string of the molecule is CCCCCCCCCCCCCCCCCCOCCOc1ccc(CCCCCCCCC)cc1. The van der Waals surface area contributed by atoms with Gasteiger partial charge in [0.1, 0.15) is 12.4 Å². The number of benzene rings is 1. The Hall–Kier alpha value is -1.02. The summed E-state index contributed by atoms with van der Waals surface area (Å²) in [6, 6.07) is 8.69. The third-order valence-corrected chi connectivity index (χ3v) is 7.63. The van der Waals surface area contributed by atoms with Crippen LogP contribution in [0.2, 0.25) is 0 Å². The molecule has 0 aromatic heterocycles. The minimum atomic E-state index is 0.649. The third kappa shape index (κ3) is 23.8. The molecule has 0 spiro atoms. The summed E-state index contributed by atoms with van der Waals surface area (Å²) >= 11 is 0. The molecule has 0 N–H and O–H groups in total. The first-order chi connectivity index (χ1) is 18.4. The van der Waals surface area contributed by atoms with E-state index < -0.39 is 0 Å². The Morgan fingerprint density at radius 3 is 1.27 bits per heavy atom. The number of unbranched alkanes of at least 4 members (excludes halogenated alkanes) is 21. The van der Waals surface area contributed by atoms with Crippen LogP contribution in [-0.2, 0) is 11.2 Å². The van der Waals surface area contributed by atoms with Gasteiger partial charge in [-0.15, -0.1) is 0 Å². The monoisotopic (exact) mass is 516 g/mol. The molecule has 1 rings (SSSR count). The molecule has 0 aliphatic carbocycles. The van der Waals surface area contributed by atoms with Crippen LogP contribution in [0.1, 0.15) is 167 Å². The van der Waals surface area contributed by atoms with Gasteiger partial charge in [0.25, 0.3) is 0 Å². The molecule has 1 aromatic rings. The highest BCUT2D eigenvalue weighted by Gasteiger charge is 1.99. The van der Waals surface area contributed by atoms with Gasteiger partial charge >= 0.3 is 0 Å². The fourth-order valence-electron chi connectivity index (χ4n) is 5.11. The fraction of sp³-hybridized carbons (Fsp3) is 0.829. The van der Waals surface area contributed by atoms with Crippen LogP contribution in [0.4, 0.5) is 0 Å². The maximum absolute atomic E-state index is 5.85. The number of hydrogen-bond acceptors (Lipinski definition) is 2. The number of ether oxygens (including phenoxy) is 2. The molecule has 0 amide bonds. The van der Waals surface area contributed by atoms with E-state index in [1.54, 1.807) is 0 Å². The van der Waals surface area contributed by atoms with Crippen LogP contribution in [0.3, 0.4) is 0 Å². The summed E-state index contributed by atoms with van der Waals surface area (Å²) in [6.07, 6.45) is 33.3. The Balaban J connectivity index is 1.79. The maximum atomic E-state index is 5.85. The lowest BCUT2D eigenvalue weighted by atomic mass is 10.0. The van der Waals surface area contributed by atoms with E-state index in [0.29, 0.717) is 13.2 Å². The van der Waals surface area contributed by atoms with E-state index in [1.807, 2.05) is 0 Å². The Labute approximate surface area is 232 Å². The topological polar surface area (TPSA) is 18.5 Å². The van der Waals surface area contributed by atoms with Gasteiger partial charge in [0.15, 0.2) is 0 Å². The molecule has 0 unspecified atom stereocenters. The predicted octanol–water partition coefficient (Wildman–Crippen LogP) is 11.6. The predicted molar refractivity (Wildman–Crippen MR) is 164 cm³/mol. The molecule has 37 heavy (non-hydrogen) atoms. The van der Waals surface area contributed by atoms with Gasteiger partial charge in [0.05, 0.1) is 6.61 Å². The highest BCUT2D eigenvalue weighted by Crippen LogP contribution is 2.16. The third-order valence-electron chi connectivity index (χ3n) is 7.63. The van der Waals surface area contributed by atoms with E-state index in [4.69, 9.17) is 9.47 Å². The van der Waals surface area contributed by atoms with Crippen LogP contribution in [0.15, 0.2) is 24.3 Å². The number of hydrogen-bond donors (Lipinski definition) is 0. The molecule has 0 saturated heterocycles. The average molecular weight is 517 g/mol. The lowest BCUT2D eigenvalue weighted by molar-refractivity contribution is 0.0970. The zero-order valence-electron chi connectivity index (χ0n) is 25.2. The molecule has 0 atom stereocenters. The fourth-order valence-corrected chi connectivity index (χ4v) is 5.11. The Bertz CT molecular complexity index is 553. The highest BCUT2D eigenvalue weighted by molar-refractivity contribution is 5.27. The highest BCUT2D eigenvalue weighted by atomic mass is 16.5. The summed E-state index contributed by atoms with van der Waals surface area (Å²) in [5, 5.41) is 0. The van der Waals surface area contributed by atoms with E-state index in [9.17, 15) is 0 Å². The Morgan fingerprint density at radius 1 is 0.405 bits per heavy atom. The first kappa shape index (κ1) is 34.0. The Kier molecular flexibility index (Phi) is 25.7. The summed E-state index contributed by atoms with van der Waals surface area (Å²) in [5.74, 6) is 0.967. The molecule has 0 heterocycles.